The predicted octanol–water partition coefficient (Wildman–Crippen LogP) is 4.51. The molecule has 5 heteroatoms. The van der Waals surface area contributed by atoms with E-state index in [2.05, 4.69) is 35.2 Å². The van der Waals surface area contributed by atoms with Gasteiger partial charge < -0.3 is 14.0 Å². The molecule has 0 saturated carbocycles. The second kappa shape index (κ2) is 8.39. The van der Waals surface area contributed by atoms with Crippen LogP contribution in [0.15, 0.2) is 28.8 Å². The standard InChI is InChI=1S/C20H28N2O3/c1-4-11-24-18-9-8-16(13-20(18)23-5-2)14-22-10-6-7-17(22)19-12-15(3)21-25-19/h8-9,12-13,17H,4-7,10-11,14H2,1-3H3. The number of nitrogens with zero attached hydrogens (tertiary/aromatic N) is 2. The molecule has 2 aromatic rings. The zero-order valence-electron chi connectivity index (χ0n) is 15.5. The van der Waals surface area contributed by atoms with Gasteiger partial charge in [0.2, 0.25) is 0 Å². The van der Waals surface area contributed by atoms with E-state index in [-0.39, 0.29) is 0 Å². The summed E-state index contributed by atoms with van der Waals surface area (Å²) in [6.45, 7) is 9.36. The first-order valence-electron chi connectivity index (χ1n) is 9.27. The summed E-state index contributed by atoms with van der Waals surface area (Å²) < 4.78 is 17.1. The van der Waals surface area contributed by atoms with Crippen LogP contribution in [0.2, 0.25) is 0 Å². The van der Waals surface area contributed by atoms with Gasteiger partial charge in [-0.3, -0.25) is 4.90 Å². The molecule has 1 aliphatic rings. The number of aryl methyl sites for hydroxylation is 1. The topological polar surface area (TPSA) is 47.7 Å². The van der Waals surface area contributed by atoms with E-state index >= 15 is 0 Å². The molecule has 1 atom stereocenters. The van der Waals surface area contributed by atoms with Crippen molar-refractivity contribution in [2.75, 3.05) is 19.8 Å². The lowest BCUT2D eigenvalue weighted by atomic mass is 10.1. The van der Waals surface area contributed by atoms with Gasteiger partial charge in [-0.05, 0) is 57.4 Å². The van der Waals surface area contributed by atoms with Crippen molar-refractivity contribution in [1.29, 1.82) is 0 Å². The molecule has 1 aromatic heterocycles. The van der Waals surface area contributed by atoms with E-state index in [1.165, 1.54) is 12.0 Å². The summed E-state index contributed by atoms with van der Waals surface area (Å²) in [6.07, 6.45) is 3.28. The molecule has 0 aliphatic carbocycles. The molecule has 0 bridgehead atoms. The maximum atomic E-state index is 5.80. The van der Waals surface area contributed by atoms with Crippen LogP contribution in [0.1, 0.15) is 56.2 Å². The second-order valence-electron chi connectivity index (χ2n) is 6.56. The van der Waals surface area contributed by atoms with E-state index in [1.807, 2.05) is 19.9 Å². The summed E-state index contributed by atoms with van der Waals surface area (Å²) in [7, 11) is 0. The Balaban J connectivity index is 1.73. The highest BCUT2D eigenvalue weighted by atomic mass is 16.5. The molecule has 0 N–H and O–H groups in total. The summed E-state index contributed by atoms with van der Waals surface area (Å²) in [6, 6.07) is 8.63. The van der Waals surface area contributed by atoms with Gasteiger partial charge in [-0.1, -0.05) is 18.1 Å². The molecule has 1 aliphatic heterocycles. The molecule has 3 rings (SSSR count). The minimum absolute atomic E-state index is 0.313. The van der Waals surface area contributed by atoms with Crippen molar-refractivity contribution < 1.29 is 14.0 Å². The summed E-state index contributed by atoms with van der Waals surface area (Å²) >= 11 is 0. The molecule has 136 valence electrons. The highest BCUT2D eigenvalue weighted by Gasteiger charge is 2.29. The van der Waals surface area contributed by atoms with Crippen LogP contribution in [0, 0.1) is 6.92 Å². The third kappa shape index (κ3) is 4.34. The molecule has 5 nitrogen and oxygen atoms in total. The highest BCUT2D eigenvalue weighted by Crippen LogP contribution is 2.35. The van der Waals surface area contributed by atoms with Gasteiger partial charge in [0, 0.05) is 12.6 Å². The van der Waals surface area contributed by atoms with Crippen LogP contribution < -0.4 is 9.47 Å². The van der Waals surface area contributed by atoms with Gasteiger partial charge in [-0.2, -0.15) is 0 Å². The van der Waals surface area contributed by atoms with E-state index in [9.17, 15) is 0 Å². The van der Waals surface area contributed by atoms with Gasteiger partial charge in [-0.25, -0.2) is 0 Å². The molecule has 2 heterocycles. The molecule has 25 heavy (non-hydrogen) atoms. The van der Waals surface area contributed by atoms with Crippen LogP contribution in [0.4, 0.5) is 0 Å². The van der Waals surface area contributed by atoms with Gasteiger partial charge in [0.15, 0.2) is 17.3 Å². The van der Waals surface area contributed by atoms with Crippen LogP contribution in [0.5, 0.6) is 11.5 Å². The summed E-state index contributed by atoms with van der Waals surface area (Å²) in [5.41, 5.74) is 2.17. The Bertz CT molecular complexity index is 683. The lowest BCUT2D eigenvalue weighted by molar-refractivity contribution is 0.206. The van der Waals surface area contributed by atoms with Crippen molar-refractivity contribution >= 4 is 0 Å². The van der Waals surface area contributed by atoms with Crippen LogP contribution in [0.25, 0.3) is 0 Å². The van der Waals surface area contributed by atoms with Crippen molar-refractivity contribution in [2.45, 2.75) is 52.6 Å². The Hall–Kier alpha value is -2.01. The molecule has 1 saturated heterocycles. The van der Waals surface area contributed by atoms with E-state index in [1.54, 1.807) is 0 Å². The fourth-order valence-corrected chi connectivity index (χ4v) is 3.36. The average Bonchev–Trinajstić information content (AvgIpc) is 3.23. The predicted molar refractivity (Wildman–Crippen MR) is 97.0 cm³/mol. The van der Waals surface area contributed by atoms with Gasteiger partial charge >= 0.3 is 0 Å². The lowest BCUT2D eigenvalue weighted by Crippen LogP contribution is -2.22. The first-order chi connectivity index (χ1) is 12.2. The SMILES string of the molecule is CCCOc1ccc(CN2CCCC2c2cc(C)no2)cc1OCC. The minimum Gasteiger partial charge on any atom is -0.490 e. The lowest BCUT2D eigenvalue weighted by Gasteiger charge is -2.23. The molecule has 0 spiro atoms. The van der Waals surface area contributed by atoms with E-state index in [0.29, 0.717) is 19.3 Å². The minimum atomic E-state index is 0.313. The van der Waals surface area contributed by atoms with Crippen molar-refractivity contribution in [3.8, 4) is 11.5 Å². The Morgan fingerprint density at radius 3 is 2.80 bits per heavy atom. The number of hydrogen-bond acceptors (Lipinski definition) is 5. The molecule has 1 aromatic carbocycles. The molecule has 1 unspecified atom stereocenters. The Morgan fingerprint density at radius 2 is 2.08 bits per heavy atom. The number of rotatable bonds is 8. The summed E-state index contributed by atoms with van der Waals surface area (Å²) in [5.74, 6) is 2.64. The Labute approximate surface area is 149 Å². The van der Waals surface area contributed by atoms with Crippen LogP contribution in [0.3, 0.4) is 0 Å². The molecule has 1 fully saturated rings. The quantitative estimate of drug-likeness (QED) is 0.705. The Kier molecular flexibility index (Phi) is 5.97. The van der Waals surface area contributed by atoms with E-state index < -0.39 is 0 Å². The first kappa shape index (κ1) is 17.8. The fraction of sp³-hybridized carbons (Fsp3) is 0.550. The number of benzene rings is 1. The zero-order valence-corrected chi connectivity index (χ0v) is 15.5. The van der Waals surface area contributed by atoms with Gasteiger partial charge in [-0.15, -0.1) is 0 Å². The largest absolute Gasteiger partial charge is 0.490 e. The number of aromatic nitrogens is 1. The first-order valence-corrected chi connectivity index (χ1v) is 9.27. The van der Waals surface area contributed by atoms with Gasteiger partial charge in [0.25, 0.3) is 0 Å². The third-order valence-corrected chi connectivity index (χ3v) is 4.49. The molecular weight excluding hydrogens is 316 g/mol. The van der Waals surface area contributed by atoms with E-state index in [0.717, 1.165) is 48.9 Å². The monoisotopic (exact) mass is 344 g/mol. The molecule has 0 radical (unpaired) electrons. The van der Waals surface area contributed by atoms with Crippen molar-refractivity contribution in [2.24, 2.45) is 0 Å². The Morgan fingerprint density at radius 1 is 1.20 bits per heavy atom. The van der Waals surface area contributed by atoms with E-state index in [4.69, 9.17) is 14.0 Å². The number of hydrogen-bond donors (Lipinski definition) is 0. The maximum absolute atomic E-state index is 5.80. The third-order valence-electron chi connectivity index (χ3n) is 4.49. The zero-order chi connectivity index (χ0) is 17.6. The molecule has 0 amide bonds. The second-order valence-corrected chi connectivity index (χ2v) is 6.56. The van der Waals surface area contributed by atoms with Gasteiger partial charge in [0.1, 0.15) is 0 Å². The van der Waals surface area contributed by atoms with Crippen molar-refractivity contribution in [1.82, 2.24) is 10.1 Å². The normalized spacial score (nSPS) is 17.8. The van der Waals surface area contributed by atoms with Crippen molar-refractivity contribution in [3.05, 3.63) is 41.3 Å². The maximum Gasteiger partial charge on any atom is 0.161 e. The summed E-state index contributed by atoms with van der Waals surface area (Å²) in [4.78, 5) is 2.46. The van der Waals surface area contributed by atoms with Crippen LogP contribution in [-0.4, -0.2) is 29.8 Å². The fourth-order valence-electron chi connectivity index (χ4n) is 3.36. The van der Waals surface area contributed by atoms with Gasteiger partial charge in [0.05, 0.1) is 24.9 Å². The summed E-state index contributed by atoms with van der Waals surface area (Å²) in [5, 5.41) is 4.04. The molecular formula is C20H28N2O3. The van der Waals surface area contributed by atoms with Crippen molar-refractivity contribution in [3.63, 3.8) is 0 Å². The number of likely N-dealkylation sites (tertiary alicyclic amines) is 1. The highest BCUT2D eigenvalue weighted by molar-refractivity contribution is 5.43. The number of ether oxygens (including phenoxy) is 2. The average molecular weight is 344 g/mol. The van der Waals surface area contributed by atoms with Crippen LogP contribution >= 0.6 is 0 Å². The smallest absolute Gasteiger partial charge is 0.161 e. The van der Waals surface area contributed by atoms with Crippen LogP contribution in [-0.2, 0) is 6.54 Å².